The highest BCUT2D eigenvalue weighted by Gasteiger charge is 2.34. The lowest BCUT2D eigenvalue weighted by atomic mass is 10.0. The largest absolute Gasteiger partial charge is 0.507 e. The summed E-state index contributed by atoms with van der Waals surface area (Å²) in [5.74, 6) is -1.58. The van der Waals surface area contributed by atoms with Crippen molar-refractivity contribution in [3.8, 4) is 16.9 Å². The molecule has 2 aliphatic heterocycles. The minimum Gasteiger partial charge on any atom is -0.507 e. The van der Waals surface area contributed by atoms with Gasteiger partial charge in [-0.15, -0.1) is 0 Å². The predicted molar refractivity (Wildman–Crippen MR) is 131 cm³/mol. The number of fused-ring (bicyclic) bond motifs is 1. The summed E-state index contributed by atoms with van der Waals surface area (Å²) in [7, 11) is 3.97. The number of anilines is 2. The fraction of sp³-hybridized carbons (Fsp3) is 0.375. The molecule has 1 amide bonds. The Morgan fingerprint density at radius 1 is 1.20 bits per heavy atom. The SMILES string of the molecule is CC1C(=O)NCCN1c1nc(N2CC(N(C)C)C2)nc2c(F)c(-c3c(O)cccc3F)c(Cl)cc12. The van der Waals surface area contributed by atoms with Crippen LogP contribution in [0.2, 0.25) is 5.02 Å². The van der Waals surface area contributed by atoms with E-state index in [2.05, 4.69) is 15.2 Å². The number of hydrogen-bond acceptors (Lipinski definition) is 7. The Balaban J connectivity index is 1.73. The van der Waals surface area contributed by atoms with Gasteiger partial charge in [0.1, 0.15) is 28.9 Å². The van der Waals surface area contributed by atoms with E-state index in [1.54, 1.807) is 11.8 Å². The van der Waals surface area contributed by atoms with Crippen molar-refractivity contribution in [2.75, 3.05) is 50.1 Å². The molecule has 0 bridgehead atoms. The highest BCUT2D eigenvalue weighted by atomic mass is 35.5. The number of benzene rings is 2. The van der Waals surface area contributed by atoms with Crippen molar-refractivity contribution in [2.45, 2.75) is 19.0 Å². The van der Waals surface area contributed by atoms with Gasteiger partial charge in [-0.1, -0.05) is 17.7 Å². The number of aromatic hydroxyl groups is 1. The van der Waals surface area contributed by atoms with Gasteiger partial charge in [-0.05, 0) is 39.2 Å². The molecule has 35 heavy (non-hydrogen) atoms. The Bertz CT molecular complexity index is 1310. The van der Waals surface area contributed by atoms with Gasteiger partial charge < -0.3 is 25.1 Å². The third-order valence-corrected chi connectivity index (χ3v) is 7.04. The predicted octanol–water partition coefficient (Wildman–Crippen LogP) is 3.01. The van der Waals surface area contributed by atoms with Crippen LogP contribution >= 0.6 is 11.6 Å². The minimum atomic E-state index is -0.864. The van der Waals surface area contributed by atoms with Crippen molar-refractivity contribution in [1.29, 1.82) is 0 Å². The van der Waals surface area contributed by atoms with Crippen LogP contribution in [0.3, 0.4) is 0 Å². The second-order valence-electron chi connectivity index (χ2n) is 9.11. The lowest BCUT2D eigenvalue weighted by molar-refractivity contribution is -0.122. The van der Waals surface area contributed by atoms with Crippen molar-refractivity contribution in [3.05, 3.63) is 40.9 Å². The Labute approximate surface area is 206 Å². The molecule has 3 aromatic rings. The van der Waals surface area contributed by atoms with E-state index in [9.17, 15) is 14.3 Å². The number of rotatable bonds is 4. The maximum absolute atomic E-state index is 16.1. The van der Waals surface area contributed by atoms with E-state index in [1.807, 2.05) is 19.0 Å². The molecule has 3 heterocycles. The first kappa shape index (κ1) is 23.5. The molecule has 2 fully saturated rings. The smallest absolute Gasteiger partial charge is 0.242 e. The molecule has 8 nitrogen and oxygen atoms in total. The van der Waals surface area contributed by atoms with Crippen LogP contribution in [0.25, 0.3) is 22.0 Å². The number of hydrogen-bond donors (Lipinski definition) is 2. The molecule has 2 aliphatic rings. The summed E-state index contributed by atoms with van der Waals surface area (Å²) in [6.45, 7) is 3.94. The maximum atomic E-state index is 16.1. The van der Waals surface area contributed by atoms with E-state index >= 15 is 4.39 Å². The molecule has 11 heteroatoms. The molecule has 0 spiro atoms. The molecule has 0 aliphatic carbocycles. The lowest BCUT2D eigenvalue weighted by Gasteiger charge is -2.43. The number of likely N-dealkylation sites (N-methyl/N-ethyl adjacent to an activating group) is 1. The first-order valence-corrected chi connectivity index (χ1v) is 11.7. The molecule has 2 N–H and O–H groups in total. The average Bonchev–Trinajstić information content (AvgIpc) is 2.76. The first-order valence-electron chi connectivity index (χ1n) is 11.3. The maximum Gasteiger partial charge on any atom is 0.242 e. The summed E-state index contributed by atoms with van der Waals surface area (Å²) in [5, 5.41) is 13.3. The van der Waals surface area contributed by atoms with Crippen LogP contribution in [0.5, 0.6) is 5.75 Å². The number of aromatic nitrogens is 2. The zero-order valence-electron chi connectivity index (χ0n) is 19.5. The molecule has 5 rings (SSSR count). The summed E-state index contributed by atoms with van der Waals surface area (Å²) in [6, 6.07) is 4.95. The lowest BCUT2D eigenvalue weighted by Crippen LogP contribution is -2.58. The third kappa shape index (κ3) is 3.90. The number of piperazine rings is 1. The highest BCUT2D eigenvalue weighted by Crippen LogP contribution is 2.43. The number of nitrogens with zero attached hydrogens (tertiary/aromatic N) is 5. The second-order valence-corrected chi connectivity index (χ2v) is 9.51. The molecule has 0 radical (unpaired) electrons. The Kier molecular flexibility index (Phi) is 5.88. The Morgan fingerprint density at radius 2 is 1.94 bits per heavy atom. The van der Waals surface area contributed by atoms with Crippen molar-refractivity contribution >= 4 is 40.2 Å². The van der Waals surface area contributed by atoms with Crippen molar-refractivity contribution in [2.24, 2.45) is 0 Å². The number of nitrogens with one attached hydrogen (secondary N) is 1. The molecular formula is C24H25ClF2N6O2. The fourth-order valence-corrected chi connectivity index (χ4v) is 4.82. The third-order valence-electron chi connectivity index (χ3n) is 6.74. The van der Waals surface area contributed by atoms with Crippen molar-refractivity contribution in [1.82, 2.24) is 20.2 Å². The summed E-state index contributed by atoms with van der Waals surface area (Å²) in [4.78, 5) is 27.4. The van der Waals surface area contributed by atoms with Gasteiger partial charge in [0.2, 0.25) is 11.9 Å². The van der Waals surface area contributed by atoms with Gasteiger partial charge in [-0.25, -0.2) is 13.8 Å². The van der Waals surface area contributed by atoms with E-state index < -0.39 is 23.4 Å². The molecule has 1 unspecified atom stereocenters. The van der Waals surface area contributed by atoms with Gasteiger partial charge in [-0.2, -0.15) is 4.98 Å². The van der Waals surface area contributed by atoms with Crippen LogP contribution in [0.1, 0.15) is 6.92 Å². The zero-order chi connectivity index (χ0) is 25.0. The van der Waals surface area contributed by atoms with Crippen LogP contribution in [0.15, 0.2) is 24.3 Å². The van der Waals surface area contributed by atoms with E-state index in [0.29, 0.717) is 49.4 Å². The molecule has 2 aromatic carbocycles. The zero-order valence-corrected chi connectivity index (χ0v) is 20.3. The highest BCUT2D eigenvalue weighted by molar-refractivity contribution is 6.34. The van der Waals surface area contributed by atoms with Gasteiger partial charge in [0, 0.05) is 43.2 Å². The fourth-order valence-electron chi connectivity index (χ4n) is 4.54. The summed E-state index contributed by atoms with van der Waals surface area (Å²) < 4.78 is 30.8. The summed E-state index contributed by atoms with van der Waals surface area (Å²) in [6.07, 6.45) is 0. The van der Waals surface area contributed by atoms with Gasteiger partial charge in [0.25, 0.3) is 0 Å². The van der Waals surface area contributed by atoms with Gasteiger partial charge in [0.15, 0.2) is 5.82 Å². The molecule has 184 valence electrons. The number of carbonyl (C=O) groups excluding carboxylic acids is 1. The number of amides is 1. The van der Waals surface area contributed by atoms with Crippen LogP contribution in [-0.4, -0.2) is 78.2 Å². The number of phenolic OH excluding ortho intramolecular Hbond substituents is 1. The van der Waals surface area contributed by atoms with E-state index in [0.717, 1.165) is 6.07 Å². The van der Waals surface area contributed by atoms with Gasteiger partial charge in [0.05, 0.1) is 10.6 Å². The van der Waals surface area contributed by atoms with Gasteiger partial charge in [-0.3, -0.25) is 4.79 Å². The monoisotopic (exact) mass is 502 g/mol. The number of halogens is 3. The summed E-state index contributed by atoms with van der Waals surface area (Å²) >= 11 is 6.47. The van der Waals surface area contributed by atoms with Crippen LogP contribution in [-0.2, 0) is 4.79 Å². The standard InChI is InChI=1S/C24H25ClF2N6O2/c1-12-23(35)28-7-8-33(12)22-14-9-15(25)18(19-16(26)5-4-6-17(19)34)20(27)21(14)29-24(30-22)32-10-13(11-32)31(2)3/h4-6,9,12-13,34H,7-8,10-11H2,1-3H3,(H,28,35). The number of carbonyl (C=O) groups is 1. The topological polar surface area (TPSA) is 84.8 Å². The van der Waals surface area contributed by atoms with E-state index in [1.165, 1.54) is 18.2 Å². The Hall–Kier alpha value is -3.24. The van der Waals surface area contributed by atoms with Crippen LogP contribution in [0.4, 0.5) is 20.5 Å². The van der Waals surface area contributed by atoms with Crippen LogP contribution < -0.4 is 15.1 Å². The molecule has 0 saturated carbocycles. The van der Waals surface area contributed by atoms with E-state index in [-0.39, 0.29) is 27.6 Å². The van der Waals surface area contributed by atoms with Crippen LogP contribution in [0, 0.1) is 11.6 Å². The van der Waals surface area contributed by atoms with E-state index in [4.69, 9.17) is 16.6 Å². The Morgan fingerprint density at radius 3 is 2.63 bits per heavy atom. The minimum absolute atomic E-state index is 0.0569. The van der Waals surface area contributed by atoms with Crippen molar-refractivity contribution in [3.63, 3.8) is 0 Å². The molecular weight excluding hydrogens is 478 g/mol. The summed E-state index contributed by atoms with van der Waals surface area (Å²) in [5.41, 5.74) is -0.663. The van der Waals surface area contributed by atoms with Gasteiger partial charge >= 0.3 is 0 Å². The van der Waals surface area contributed by atoms with Crippen molar-refractivity contribution < 1.29 is 18.7 Å². The number of phenols is 1. The molecule has 1 atom stereocenters. The first-order chi connectivity index (χ1) is 16.7. The molecule has 1 aromatic heterocycles. The molecule has 2 saturated heterocycles. The average molecular weight is 503 g/mol. The normalized spacial score (nSPS) is 18.8. The second kappa shape index (κ2) is 8.76. The quantitative estimate of drug-likeness (QED) is 0.567.